The maximum absolute atomic E-state index is 11.3. The van der Waals surface area contributed by atoms with E-state index in [-0.39, 0.29) is 5.97 Å². The van der Waals surface area contributed by atoms with Gasteiger partial charge >= 0.3 is 5.97 Å². The number of methoxy groups -OCH3 is 1. The van der Waals surface area contributed by atoms with Gasteiger partial charge < -0.3 is 10.1 Å². The van der Waals surface area contributed by atoms with Crippen molar-refractivity contribution in [2.45, 2.75) is 6.54 Å². The van der Waals surface area contributed by atoms with Crippen molar-refractivity contribution in [3.8, 4) is 0 Å². The molecular formula is C15H13Br2NO2. The highest BCUT2D eigenvalue weighted by Gasteiger charge is 2.06. The van der Waals surface area contributed by atoms with E-state index in [1.54, 1.807) is 12.1 Å². The predicted octanol–water partition coefficient (Wildman–Crippen LogP) is 4.61. The Balaban J connectivity index is 2.06. The van der Waals surface area contributed by atoms with Crippen molar-refractivity contribution < 1.29 is 9.53 Å². The lowest BCUT2D eigenvalue weighted by Gasteiger charge is -2.11. The first kappa shape index (κ1) is 15.1. The highest BCUT2D eigenvalue weighted by Crippen LogP contribution is 2.30. The maximum atomic E-state index is 11.3. The Labute approximate surface area is 134 Å². The summed E-state index contributed by atoms with van der Waals surface area (Å²) in [6, 6.07) is 13.3. The number of rotatable bonds is 4. The van der Waals surface area contributed by atoms with Crippen LogP contribution in [-0.4, -0.2) is 13.1 Å². The molecule has 2 aromatic rings. The normalized spacial score (nSPS) is 10.2. The van der Waals surface area contributed by atoms with Gasteiger partial charge in [-0.25, -0.2) is 4.79 Å². The minimum Gasteiger partial charge on any atom is -0.465 e. The molecule has 0 fully saturated rings. The highest BCUT2D eigenvalue weighted by molar-refractivity contribution is 9.11. The number of carbonyl (C=O) groups is 1. The fourth-order valence-electron chi connectivity index (χ4n) is 1.73. The molecule has 1 N–H and O–H groups in total. The number of para-hydroxylation sites is 1. The molecule has 0 spiro atoms. The fourth-order valence-corrected chi connectivity index (χ4v) is 3.01. The molecule has 0 aromatic heterocycles. The molecule has 0 aliphatic carbocycles. The van der Waals surface area contributed by atoms with Crippen LogP contribution in [0, 0.1) is 0 Å². The van der Waals surface area contributed by atoms with E-state index in [1.807, 2.05) is 30.3 Å². The van der Waals surface area contributed by atoms with Gasteiger partial charge in [-0.15, -0.1) is 0 Å². The summed E-state index contributed by atoms with van der Waals surface area (Å²) in [5, 5.41) is 3.35. The minimum absolute atomic E-state index is 0.321. The standard InChI is InChI=1S/C15H13Br2NO2/c1-20-15(19)11-7-5-10(6-8-11)9-18-14-12(16)3-2-4-13(14)17/h2-8,18H,9H2,1H3. The van der Waals surface area contributed by atoms with Crippen LogP contribution in [0.15, 0.2) is 51.4 Å². The lowest BCUT2D eigenvalue weighted by molar-refractivity contribution is 0.0600. The van der Waals surface area contributed by atoms with Crippen molar-refractivity contribution in [1.82, 2.24) is 0 Å². The monoisotopic (exact) mass is 397 g/mol. The van der Waals surface area contributed by atoms with E-state index in [0.29, 0.717) is 12.1 Å². The molecule has 0 bridgehead atoms. The van der Waals surface area contributed by atoms with Gasteiger partial charge in [0.1, 0.15) is 0 Å². The third-order valence-corrected chi connectivity index (χ3v) is 4.13. The Hall–Kier alpha value is -1.33. The minimum atomic E-state index is -0.321. The second-order valence-corrected chi connectivity index (χ2v) is 5.85. The molecule has 2 rings (SSSR count). The summed E-state index contributed by atoms with van der Waals surface area (Å²) in [5.74, 6) is -0.321. The molecule has 0 aliphatic heterocycles. The van der Waals surface area contributed by atoms with E-state index >= 15 is 0 Å². The van der Waals surface area contributed by atoms with Crippen molar-refractivity contribution >= 4 is 43.5 Å². The quantitative estimate of drug-likeness (QED) is 0.764. The summed E-state index contributed by atoms with van der Waals surface area (Å²) in [6.07, 6.45) is 0. The topological polar surface area (TPSA) is 38.3 Å². The Morgan fingerprint density at radius 2 is 1.70 bits per heavy atom. The highest BCUT2D eigenvalue weighted by atomic mass is 79.9. The van der Waals surface area contributed by atoms with E-state index in [0.717, 1.165) is 20.2 Å². The molecule has 3 nitrogen and oxygen atoms in total. The number of carbonyl (C=O) groups excluding carboxylic acids is 1. The van der Waals surface area contributed by atoms with Crippen LogP contribution < -0.4 is 5.32 Å². The van der Waals surface area contributed by atoms with Gasteiger partial charge in [0.15, 0.2) is 0 Å². The molecule has 5 heteroatoms. The summed E-state index contributed by atoms with van der Waals surface area (Å²) in [5.41, 5.74) is 2.64. The number of hydrogen-bond donors (Lipinski definition) is 1. The van der Waals surface area contributed by atoms with Gasteiger partial charge in [-0.2, -0.15) is 0 Å². The molecular weight excluding hydrogens is 386 g/mol. The average molecular weight is 399 g/mol. The molecule has 0 saturated carbocycles. The van der Waals surface area contributed by atoms with Gasteiger partial charge in [0.25, 0.3) is 0 Å². The van der Waals surface area contributed by atoms with Crippen LogP contribution in [0.1, 0.15) is 15.9 Å². The molecule has 2 aromatic carbocycles. The van der Waals surface area contributed by atoms with Crippen molar-refractivity contribution in [1.29, 1.82) is 0 Å². The third kappa shape index (κ3) is 3.61. The molecule has 104 valence electrons. The van der Waals surface area contributed by atoms with E-state index < -0.39 is 0 Å². The second kappa shape index (κ2) is 6.90. The van der Waals surface area contributed by atoms with Gasteiger partial charge in [0.05, 0.1) is 18.4 Å². The Kier molecular flexibility index (Phi) is 5.20. The van der Waals surface area contributed by atoms with Gasteiger partial charge in [-0.3, -0.25) is 0 Å². The SMILES string of the molecule is COC(=O)c1ccc(CNc2c(Br)cccc2Br)cc1. The van der Waals surface area contributed by atoms with Crippen molar-refractivity contribution in [3.05, 3.63) is 62.5 Å². The van der Waals surface area contributed by atoms with Crippen LogP contribution in [-0.2, 0) is 11.3 Å². The first-order chi connectivity index (χ1) is 9.61. The molecule has 0 amide bonds. The Bertz CT molecular complexity index is 592. The number of halogens is 2. The predicted molar refractivity (Wildman–Crippen MR) is 87.0 cm³/mol. The molecule has 0 unspecified atom stereocenters. The number of ether oxygens (including phenoxy) is 1. The van der Waals surface area contributed by atoms with Crippen LogP contribution in [0.5, 0.6) is 0 Å². The number of anilines is 1. The van der Waals surface area contributed by atoms with Crippen LogP contribution >= 0.6 is 31.9 Å². The molecule has 20 heavy (non-hydrogen) atoms. The largest absolute Gasteiger partial charge is 0.465 e. The van der Waals surface area contributed by atoms with E-state index in [4.69, 9.17) is 0 Å². The number of benzene rings is 2. The molecule has 0 saturated heterocycles. The van der Waals surface area contributed by atoms with Gasteiger partial charge in [0, 0.05) is 15.5 Å². The first-order valence-corrected chi connectivity index (χ1v) is 7.55. The van der Waals surface area contributed by atoms with Gasteiger partial charge in [0.2, 0.25) is 0 Å². The summed E-state index contributed by atoms with van der Waals surface area (Å²) >= 11 is 7.01. The van der Waals surface area contributed by atoms with Crippen LogP contribution in [0.3, 0.4) is 0 Å². The smallest absolute Gasteiger partial charge is 0.337 e. The molecule has 0 radical (unpaired) electrons. The molecule has 0 aliphatic rings. The maximum Gasteiger partial charge on any atom is 0.337 e. The van der Waals surface area contributed by atoms with E-state index in [2.05, 4.69) is 41.9 Å². The summed E-state index contributed by atoms with van der Waals surface area (Å²) < 4.78 is 6.67. The Morgan fingerprint density at radius 3 is 2.25 bits per heavy atom. The van der Waals surface area contributed by atoms with Crippen molar-refractivity contribution in [2.24, 2.45) is 0 Å². The third-order valence-electron chi connectivity index (χ3n) is 2.81. The Morgan fingerprint density at radius 1 is 1.10 bits per heavy atom. The molecule has 0 atom stereocenters. The van der Waals surface area contributed by atoms with E-state index in [9.17, 15) is 4.79 Å². The van der Waals surface area contributed by atoms with Gasteiger partial charge in [-0.05, 0) is 61.7 Å². The van der Waals surface area contributed by atoms with Crippen LogP contribution in [0.4, 0.5) is 5.69 Å². The average Bonchev–Trinajstić information content (AvgIpc) is 2.46. The van der Waals surface area contributed by atoms with Crippen molar-refractivity contribution in [3.63, 3.8) is 0 Å². The lowest BCUT2D eigenvalue weighted by Crippen LogP contribution is -2.03. The summed E-state index contributed by atoms with van der Waals surface area (Å²) in [6.45, 7) is 0.669. The number of nitrogens with one attached hydrogen (secondary N) is 1. The van der Waals surface area contributed by atoms with Crippen molar-refractivity contribution in [2.75, 3.05) is 12.4 Å². The number of hydrogen-bond acceptors (Lipinski definition) is 3. The first-order valence-electron chi connectivity index (χ1n) is 5.97. The lowest BCUT2D eigenvalue weighted by atomic mass is 10.1. The van der Waals surface area contributed by atoms with Crippen LogP contribution in [0.2, 0.25) is 0 Å². The van der Waals surface area contributed by atoms with Gasteiger partial charge in [-0.1, -0.05) is 18.2 Å². The second-order valence-electron chi connectivity index (χ2n) is 4.14. The summed E-state index contributed by atoms with van der Waals surface area (Å²) in [4.78, 5) is 11.3. The van der Waals surface area contributed by atoms with E-state index in [1.165, 1.54) is 7.11 Å². The molecule has 0 heterocycles. The zero-order valence-corrected chi connectivity index (χ0v) is 14.0. The summed E-state index contributed by atoms with van der Waals surface area (Å²) in [7, 11) is 1.38. The van der Waals surface area contributed by atoms with Crippen LogP contribution in [0.25, 0.3) is 0 Å². The zero-order valence-electron chi connectivity index (χ0n) is 10.8. The zero-order chi connectivity index (χ0) is 14.5. The fraction of sp³-hybridized carbons (Fsp3) is 0.133. The number of esters is 1.